The molecule has 0 bridgehead atoms. The minimum Gasteiger partial charge on any atom is -0.394 e. The van der Waals surface area contributed by atoms with E-state index in [4.69, 9.17) is 11.6 Å². The molecule has 1 atom stereocenters. The molecule has 2 N–H and O–H groups in total. The van der Waals surface area contributed by atoms with Crippen LogP contribution in [0, 0.1) is 0 Å². The molecule has 0 saturated carbocycles. The zero-order valence-electron chi connectivity index (χ0n) is 10.8. The van der Waals surface area contributed by atoms with Crippen molar-refractivity contribution in [2.24, 2.45) is 0 Å². The molecule has 104 valence electrons. The van der Waals surface area contributed by atoms with Gasteiger partial charge in [-0.15, -0.1) is 0 Å². The van der Waals surface area contributed by atoms with E-state index >= 15 is 0 Å². The van der Waals surface area contributed by atoms with Crippen LogP contribution in [-0.4, -0.2) is 28.6 Å². The van der Waals surface area contributed by atoms with E-state index in [9.17, 15) is 9.90 Å². The van der Waals surface area contributed by atoms with Gasteiger partial charge >= 0.3 is 0 Å². The molecule has 2 rings (SSSR count). The Labute approximate surface area is 122 Å². The maximum absolute atomic E-state index is 12.0. The number of carbonyl (C=O) groups is 1. The maximum atomic E-state index is 12.0. The molecule has 20 heavy (non-hydrogen) atoms. The molecule has 1 heterocycles. The zero-order chi connectivity index (χ0) is 14.4. The van der Waals surface area contributed by atoms with E-state index < -0.39 is 0 Å². The summed E-state index contributed by atoms with van der Waals surface area (Å²) in [5.41, 5.74) is 1.48. The summed E-state index contributed by atoms with van der Waals surface area (Å²) in [5, 5.41) is 12.4. The fourth-order valence-corrected chi connectivity index (χ4v) is 2.05. The van der Waals surface area contributed by atoms with Gasteiger partial charge in [0.15, 0.2) is 0 Å². The average molecular weight is 291 g/mol. The summed E-state index contributed by atoms with van der Waals surface area (Å²) in [6.45, 7) is -0.126. The van der Waals surface area contributed by atoms with Gasteiger partial charge < -0.3 is 10.4 Å². The molecule has 4 nitrogen and oxygen atoms in total. The second-order valence-electron chi connectivity index (χ2n) is 4.41. The monoisotopic (exact) mass is 290 g/mol. The van der Waals surface area contributed by atoms with Crippen molar-refractivity contribution in [1.82, 2.24) is 10.3 Å². The smallest absolute Gasteiger partial charge is 0.251 e. The lowest BCUT2D eigenvalue weighted by molar-refractivity contribution is 0.0916. The molecule has 0 radical (unpaired) electrons. The van der Waals surface area contributed by atoms with Gasteiger partial charge in [-0.2, -0.15) is 0 Å². The summed E-state index contributed by atoms with van der Waals surface area (Å²) in [6.07, 6.45) is 2.05. The predicted octanol–water partition coefficient (Wildman–Crippen LogP) is 2.07. The van der Waals surface area contributed by atoms with Gasteiger partial charge in [0, 0.05) is 11.8 Å². The number of amides is 1. The first-order valence-electron chi connectivity index (χ1n) is 6.26. The third-order valence-electron chi connectivity index (χ3n) is 2.87. The van der Waals surface area contributed by atoms with Gasteiger partial charge in [-0.25, -0.2) is 4.98 Å². The van der Waals surface area contributed by atoms with Crippen LogP contribution in [0.4, 0.5) is 0 Å². The highest BCUT2D eigenvalue weighted by molar-refractivity contribution is 6.29. The molecule has 0 unspecified atom stereocenters. The van der Waals surface area contributed by atoms with E-state index in [1.807, 2.05) is 30.3 Å². The first-order valence-corrected chi connectivity index (χ1v) is 6.64. The van der Waals surface area contributed by atoms with E-state index in [1.165, 1.54) is 12.3 Å². The molecule has 0 spiro atoms. The number of rotatable bonds is 5. The number of pyridine rings is 1. The number of aliphatic hydroxyl groups is 1. The van der Waals surface area contributed by atoms with Crippen LogP contribution in [0.25, 0.3) is 0 Å². The second-order valence-corrected chi connectivity index (χ2v) is 4.80. The van der Waals surface area contributed by atoms with Crippen molar-refractivity contribution in [3.63, 3.8) is 0 Å². The largest absolute Gasteiger partial charge is 0.394 e. The topological polar surface area (TPSA) is 62.2 Å². The molecule has 0 aliphatic carbocycles. The Kier molecular flexibility index (Phi) is 5.09. The quantitative estimate of drug-likeness (QED) is 0.829. The summed E-state index contributed by atoms with van der Waals surface area (Å²) in [6, 6.07) is 12.4. The van der Waals surface area contributed by atoms with E-state index in [1.54, 1.807) is 6.07 Å². The highest BCUT2D eigenvalue weighted by Crippen LogP contribution is 2.08. The van der Waals surface area contributed by atoms with Crippen molar-refractivity contribution in [2.75, 3.05) is 6.61 Å². The summed E-state index contributed by atoms with van der Waals surface area (Å²) in [7, 11) is 0. The van der Waals surface area contributed by atoms with Crippen LogP contribution in [0.1, 0.15) is 15.9 Å². The highest BCUT2D eigenvalue weighted by atomic mass is 35.5. The minimum absolute atomic E-state index is 0.126. The third-order valence-corrected chi connectivity index (χ3v) is 3.08. The lowest BCUT2D eigenvalue weighted by Crippen LogP contribution is -2.39. The van der Waals surface area contributed by atoms with E-state index in [0.29, 0.717) is 12.0 Å². The van der Waals surface area contributed by atoms with Crippen molar-refractivity contribution in [3.8, 4) is 0 Å². The fraction of sp³-hybridized carbons (Fsp3) is 0.200. The number of hydrogen-bond donors (Lipinski definition) is 2. The number of aliphatic hydroxyl groups excluding tert-OH is 1. The Hall–Kier alpha value is -1.91. The standard InChI is InChI=1S/C15H15ClN2O2/c16-14-9-12(6-7-17-14)15(20)18-13(10-19)8-11-4-2-1-3-5-11/h1-7,9,13,19H,8,10H2,(H,18,20)/t13-/m0/s1. The molecule has 0 fully saturated rings. The van der Waals surface area contributed by atoms with Crippen molar-refractivity contribution in [2.45, 2.75) is 12.5 Å². The lowest BCUT2D eigenvalue weighted by atomic mass is 10.1. The van der Waals surface area contributed by atoms with Gasteiger partial charge in [0.05, 0.1) is 12.6 Å². The van der Waals surface area contributed by atoms with Gasteiger partial charge in [-0.1, -0.05) is 41.9 Å². The molecule has 0 saturated heterocycles. The van der Waals surface area contributed by atoms with E-state index in [0.717, 1.165) is 5.56 Å². The molecule has 1 amide bonds. The molecule has 1 aromatic heterocycles. The van der Waals surface area contributed by atoms with Crippen LogP contribution in [0.5, 0.6) is 0 Å². The highest BCUT2D eigenvalue weighted by Gasteiger charge is 2.14. The van der Waals surface area contributed by atoms with Crippen molar-refractivity contribution >= 4 is 17.5 Å². The molecule has 0 aliphatic rings. The van der Waals surface area contributed by atoms with E-state index in [-0.39, 0.29) is 23.7 Å². The first kappa shape index (κ1) is 14.5. The van der Waals surface area contributed by atoms with Crippen LogP contribution in [-0.2, 0) is 6.42 Å². The van der Waals surface area contributed by atoms with Gasteiger partial charge in [0.2, 0.25) is 0 Å². The molecule has 0 aliphatic heterocycles. The number of aromatic nitrogens is 1. The number of nitrogens with one attached hydrogen (secondary N) is 1. The number of hydrogen-bond acceptors (Lipinski definition) is 3. The van der Waals surface area contributed by atoms with Crippen LogP contribution in [0.3, 0.4) is 0 Å². The minimum atomic E-state index is -0.336. The van der Waals surface area contributed by atoms with Crippen LogP contribution in [0.15, 0.2) is 48.7 Å². The van der Waals surface area contributed by atoms with E-state index in [2.05, 4.69) is 10.3 Å². The third kappa shape index (κ3) is 4.05. The van der Waals surface area contributed by atoms with Crippen molar-refractivity contribution in [1.29, 1.82) is 0 Å². The summed E-state index contributed by atoms with van der Waals surface area (Å²) < 4.78 is 0. The number of halogens is 1. The normalized spacial score (nSPS) is 11.9. The predicted molar refractivity (Wildman–Crippen MR) is 77.7 cm³/mol. The summed E-state index contributed by atoms with van der Waals surface area (Å²) in [5.74, 6) is -0.274. The van der Waals surface area contributed by atoms with Crippen molar-refractivity contribution in [3.05, 3.63) is 64.9 Å². The van der Waals surface area contributed by atoms with Gasteiger partial charge in [-0.3, -0.25) is 4.79 Å². The van der Waals surface area contributed by atoms with Crippen LogP contribution in [0.2, 0.25) is 5.15 Å². The molecule has 5 heteroatoms. The Balaban J connectivity index is 2.01. The SMILES string of the molecule is O=C(N[C@H](CO)Cc1ccccc1)c1ccnc(Cl)c1. The van der Waals surface area contributed by atoms with Crippen LogP contribution < -0.4 is 5.32 Å². The van der Waals surface area contributed by atoms with Gasteiger partial charge in [-0.05, 0) is 24.1 Å². The molecule has 2 aromatic rings. The van der Waals surface area contributed by atoms with Gasteiger partial charge in [0.1, 0.15) is 5.15 Å². The summed E-state index contributed by atoms with van der Waals surface area (Å²) in [4.78, 5) is 15.9. The number of carbonyl (C=O) groups excluding carboxylic acids is 1. The number of benzene rings is 1. The second kappa shape index (κ2) is 7.03. The zero-order valence-corrected chi connectivity index (χ0v) is 11.5. The Morgan fingerprint density at radius 3 is 2.70 bits per heavy atom. The Morgan fingerprint density at radius 1 is 1.30 bits per heavy atom. The summed E-state index contributed by atoms with van der Waals surface area (Å²) >= 11 is 5.75. The molecular formula is C15H15ClN2O2. The lowest BCUT2D eigenvalue weighted by Gasteiger charge is -2.16. The van der Waals surface area contributed by atoms with Crippen LogP contribution >= 0.6 is 11.6 Å². The van der Waals surface area contributed by atoms with Gasteiger partial charge in [0.25, 0.3) is 5.91 Å². The molecule has 1 aromatic carbocycles. The first-order chi connectivity index (χ1) is 9.69. The fourth-order valence-electron chi connectivity index (χ4n) is 1.87. The maximum Gasteiger partial charge on any atom is 0.251 e. The molecular weight excluding hydrogens is 276 g/mol. The Bertz CT molecular complexity index is 575. The average Bonchev–Trinajstić information content (AvgIpc) is 2.47. The number of nitrogens with zero attached hydrogens (tertiary/aromatic N) is 1. The Morgan fingerprint density at radius 2 is 2.05 bits per heavy atom. The van der Waals surface area contributed by atoms with Crippen molar-refractivity contribution < 1.29 is 9.90 Å².